The van der Waals surface area contributed by atoms with Crippen LogP contribution in [0.15, 0.2) is 18.2 Å². The van der Waals surface area contributed by atoms with Gasteiger partial charge in [-0.3, -0.25) is 4.90 Å². The maximum Gasteiger partial charge on any atom is 0.214 e. The molecule has 6 heteroatoms. The third-order valence-electron chi connectivity index (χ3n) is 3.56. The minimum absolute atomic E-state index is 0. The van der Waals surface area contributed by atoms with Gasteiger partial charge in [-0.05, 0) is 12.5 Å². The maximum absolute atomic E-state index is 5.18. The van der Waals surface area contributed by atoms with Crippen molar-refractivity contribution in [3.63, 3.8) is 0 Å². The Labute approximate surface area is 120 Å². The van der Waals surface area contributed by atoms with Gasteiger partial charge in [0.2, 0.25) is 5.88 Å². The van der Waals surface area contributed by atoms with E-state index >= 15 is 0 Å². The first-order valence-electron chi connectivity index (χ1n) is 5.87. The molecule has 102 valence electrons. The number of hydrogen-bond donors (Lipinski definition) is 0. The Kier molecular flexibility index (Phi) is 5.50. The first-order chi connectivity index (χ1) is 7.86. The molecule has 2 saturated heterocycles. The molecule has 18 heavy (non-hydrogen) atoms. The highest BCUT2D eigenvalue weighted by Crippen LogP contribution is 2.26. The molecule has 2 unspecified atom stereocenters. The number of fused-ring (bicyclic) bond motifs is 2. The van der Waals surface area contributed by atoms with Crippen LogP contribution in [-0.4, -0.2) is 49.2 Å². The number of hydrogen-bond acceptors (Lipinski definition) is 4. The number of pyridine rings is 1. The molecule has 3 heterocycles. The van der Waals surface area contributed by atoms with E-state index in [9.17, 15) is 0 Å². The molecule has 0 aromatic carbocycles. The van der Waals surface area contributed by atoms with Crippen LogP contribution < -0.4 is 9.64 Å². The van der Waals surface area contributed by atoms with Crippen molar-refractivity contribution in [1.82, 2.24) is 9.88 Å². The number of aromatic nitrogens is 1. The molecule has 2 aliphatic rings. The Balaban J connectivity index is 0.000000810. The molecule has 0 N–H and O–H groups in total. The number of rotatable bonds is 2. The van der Waals surface area contributed by atoms with Crippen molar-refractivity contribution in [1.29, 1.82) is 0 Å². The molecule has 1 aromatic heterocycles. The average molecular weight is 292 g/mol. The molecular weight excluding hydrogens is 273 g/mol. The van der Waals surface area contributed by atoms with Gasteiger partial charge in [-0.15, -0.1) is 24.8 Å². The fraction of sp³-hybridized carbons (Fsp3) is 0.583. The van der Waals surface area contributed by atoms with Crippen LogP contribution in [0.3, 0.4) is 0 Å². The van der Waals surface area contributed by atoms with E-state index in [2.05, 4.69) is 20.9 Å². The zero-order chi connectivity index (χ0) is 11.0. The largest absolute Gasteiger partial charge is 0.481 e. The minimum Gasteiger partial charge on any atom is -0.481 e. The lowest BCUT2D eigenvalue weighted by Crippen LogP contribution is -2.47. The van der Waals surface area contributed by atoms with Gasteiger partial charge in [0.1, 0.15) is 5.82 Å². The van der Waals surface area contributed by atoms with Gasteiger partial charge in [-0.2, -0.15) is 4.98 Å². The highest BCUT2D eigenvalue weighted by atomic mass is 35.5. The fourth-order valence-electron chi connectivity index (χ4n) is 2.68. The zero-order valence-corrected chi connectivity index (χ0v) is 12.0. The zero-order valence-electron chi connectivity index (χ0n) is 10.4. The van der Waals surface area contributed by atoms with E-state index in [1.165, 1.54) is 19.5 Å². The summed E-state index contributed by atoms with van der Waals surface area (Å²) in [5, 5.41) is 0. The van der Waals surface area contributed by atoms with Crippen molar-refractivity contribution in [2.45, 2.75) is 12.5 Å². The van der Waals surface area contributed by atoms with Crippen molar-refractivity contribution in [3.8, 4) is 5.88 Å². The summed E-state index contributed by atoms with van der Waals surface area (Å²) in [4.78, 5) is 9.47. The SMILES string of the molecule is COc1cccc(N2CCN3CCC2C3)n1.Cl.Cl. The van der Waals surface area contributed by atoms with E-state index in [1.807, 2.05) is 12.1 Å². The van der Waals surface area contributed by atoms with Gasteiger partial charge >= 0.3 is 0 Å². The Hall–Kier alpha value is -0.710. The molecule has 3 rings (SSSR count). The van der Waals surface area contributed by atoms with E-state index in [0.717, 1.165) is 18.9 Å². The molecule has 2 atom stereocenters. The molecule has 2 fully saturated rings. The summed E-state index contributed by atoms with van der Waals surface area (Å²) in [6.45, 7) is 4.68. The summed E-state index contributed by atoms with van der Waals surface area (Å²) in [7, 11) is 1.67. The number of anilines is 1. The Morgan fingerprint density at radius 3 is 2.83 bits per heavy atom. The predicted molar refractivity (Wildman–Crippen MR) is 77.5 cm³/mol. The highest BCUT2D eigenvalue weighted by molar-refractivity contribution is 5.85. The molecule has 0 radical (unpaired) electrons. The van der Waals surface area contributed by atoms with Gasteiger partial charge in [0, 0.05) is 38.3 Å². The summed E-state index contributed by atoms with van der Waals surface area (Å²) in [5.74, 6) is 1.77. The lowest BCUT2D eigenvalue weighted by molar-refractivity contribution is 0.309. The lowest BCUT2D eigenvalue weighted by Gasteiger charge is -2.35. The molecule has 0 amide bonds. The van der Waals surface area contributed by atoms with Crippen LogP contribution >= 0.6 is 24.8 Å². The van der Waals surface area contributed by atoms with E-state index in [-0.39, 0.29) is 24.8 Å². The minimum atomic E-state index is 0. The molecule has 0 spiro atoms. The molecule has 2 aliphatic heterocycles. The smallest absolute Gasteiger partial charge is 0.214 e. The fourth-order valence-corrected chi connectivity index (χ4v) is 2.68. The molecule has 0 saturated carbocycles. The second-order valence-electron chi connectivity index (χ2n) is 4.47. The number of nitrogens with zero attached hydrogens (tertiary/aromatic N) is 3. The third-order valence-corrected chi connectivity index (χ3v) is 3.56. The Morgan fingerprint density at radius 2 is 2.06 bits per heavy atom. The number of ether oxygens (including phenoxy) is 1. The van der Waals surface area contributed by atoms with Crippen molar-refractivity contribution < 1.29 is 4.74 Å². The first kappa shape index (κ1) is 15.3. The van der Waals surface area contributed by atoms with Crippen LogP contribution in [0.5, 0.6) is 5.88 Å². The van der Waals surface area contributed by atoms with E-state index < -0.39 is 0 Å². The van der Waals surface area contributed by atoms with Gasteiger partial charge in [0.25, 0.3) is 0 Å². The van der Waals surface area contributed by atoms with Crippen LogP contribution in [0, 0.1) is 0 Å². The number of piperazine rings is 1. The molecule has 1 aromatic rings. The third kappa shape index (κ3) is 2.82. The van der Waals surface area contributed by atoms with E-state index in [4.69, 9.17) is 4.74 Å². The van der Waals surface area contributed by atoms with Crippen LogP contribution in [0.1, 0.15) is 6.42 Å². The van der Waals surface area contributed by atoms with Crippen LogP contribution in [0.4, 0.5) is 5.82 Å². The Bertz CT molecular complexity index is 391. The lowest BCUT2D eigenvalue weighted by atomic mass is 10.2. The summed E-state index contributed by atoms with van der Waals surface area (Å²) in [6, 6.07) is 6.64. The first-order valence-corrected chi connectivity index (χ1v) is 5.87. The topological polar surface area (TPSA) is 28.6 Å². The van der Waals surface area contributed by atoms with Crippen molar-refractivity contribution in [2.75, 3.05) is 38.2 Å². The van der Waals surface area contributed by atoms with Gasteiger partial charge in [0.05, 0.1) is 7.11 Å². The molecular formula is C12H19Cl2N3O. The van der Waals surface area contributed by atoms with Crippen molar-refractivity contribution in [2.24, 2.45) is 0 Å². The van der Waals surface area contributed by atoms with Crippen LogP contribution in [-0.2, 0) is 0 Å². The predicted octanol–water partition coefficient (Wildman–Crippen LogP) is 1.83. The van der Waals surface area contributed by atoms with Crippen molar-refractivity contribution >= 4 is 30.6 Å². The number of methoxy groups -OCH3 is 1. The van der Waals surface area contributed by atoms with E-state index in [0.29, 0.717) is 11.9 Å². The van der Waals surface area contributed by atoms with Crippen LogP contribution in [0.25, 0.3) is 0 Å². The van der Waals surface area contributed by atoms with Gasteiger partial charge in [-0.25, -0.2) is 0 Å². The molecule has 4 nitrogen and oxygen atoms in total. The second kappa shape index (κ2) is 6.45. The van der Waals surface area contributed by atoms with Crippen molar-refractivity contribution in [3.05, 3.63) is 18.2 Å². The van der Waals surface area contributed by atoms with Crippen LogP contribution in [0.2, 0.25) is 0 Å². The summed E-state index contributed by atoms with van der Waals surface area (Å²) < 4.78 is 5.18. The normalized spacial score (nSPS) is 25.1. The standard InChI is InChI=1S/C12H17N3O.2ClH/c1-16-12-4-2-3-11(13-12)15-8-7-14-6-5-10(15)9-14;;/h2-4,10H,5-9H2,1H3;2*1H. The maximum atomic E-state index is 5.18. The van der Waals surface area contributed by atoms with E-state index in [1.54, 1.807) is 7.11 Å². The quantitative estimate of drug-likeness (QED) is 0.831. The summed E-state index contributed by atoms with van der Waals surface area (Å²) in [5.41, 5.74) is 0. The monoisotopic (exact) mass is 291 g/mol. The number of halogens is 2. The Morgan fingerprint density at radius 1 is 1.22 bits per heavy atom. The van der Waals surface area contributed by atoms with Gasteiger partial charge < -0.3 is 9.64 Å². The molecule has 2 bridgehead atoms. The summed E-state index contributed by atoms with van der Waals surface area (Å²) in [6.07, 6.45) is 1.26. The summed E-state index contributed by atoms with van der Waals surface area (Å²) >= 11 is 0. The van der Waals surface area contributed by atoms with Gasteiger partial charge in [-0.1, -0.05) is 6.07 Å². The van der Waals surface area contributed by atoms with Gasteiger partial charge in [0.15, 0.2) is 0 Å². The second-order valence-corrected chi connectivity index (χ2v) is 4.47. The average Bonchev–Trinajstić information content (AvgIpc) is 2.71. The molecule has 0 aliphatic carbocycles. The highest BCUT2D eigenvalue weighted by Gasteiger charge is 2.32.